The van der Waals surface area contributed by atoms with Gasteiger partial charge in [0, 0.05) is 60.7 Å². The molecule has 0 bridgehead atoms. The van der Waals surface area contributed by atoms with Crippen LogP contribution >= 0.6 is 23.2 Å². The third kappa shape index (κ3) is 16.5. The Morgan fingerprint density at radius 1 is 0.986 bits per heavy atom. The van der Waals surface area contributed by atoms with Gasteiger partial charge in [-0.1, -0.05) is 62.2 Å². The van der Waals surface area contributed by atoms with Gasteiger partial charge in [0.1, 0.15) is 23.4 Å². The molecule has 2 amide bonds. The highest BCUT2D eigenvalue weighted by Gasteiger charge is 2.43. The van der Waals surface area contributed by atoms with Crippen molar-refractivity contribution in [2.45, 2.75) is 115 Å². The molecule has 1 saturated heterocycles. The van der Waals surface area contributed by atoms with Crippen molar-refractivity contribution < 1.29 is 41.8 Å². The first-order chi connectivity index (χ1) is 32.2. The van der Waals surface area contributed by atoms with E-state index in [2.05, 4.69) is 51.2 Å². The molecule has 0 aliphatic carbocycles. The zero-order valence-electron chi connectivity index (χ0n) is 41.1. The van der Waals surface area contributed by atoms with Gasteiger partial charge in [0.2, 0.25) is 11.8 Å². The number of amides is 2. The van der Waals surface area contributed by atoms with Crippen molar-refractivity contribution in [3.63, 3.8) is 0 Å². The lowest BCUT2D eigenvalue weighted by Crippen LogP contribution is -2.64. The Labute approximate surface area is 415 Å². The van der Waals surface area contributed by atoms with Gasteiger partial charge in [-0.25, -0.2) is 4.98 Å². The van der Waals surface area contributed by atoms with E-state index in [1.807, 2.05) is 82.9 Å². The summed E-state index contributed by atoms with van der Waals surface area (Å²) in [5.41, 5.74) is 2.49. The number of carbonyl (C=O) groups excluding carboxylic acids is 2. The Balaban J connectivity index is 1.34. The van der Waals surface area contributed by atoms with Crippen molar-refractivity contribution in [2.24, 2.45) is 13.0 Å². The first-order valence-electron chi connectivity index (χ1n) is 23.2. The second-order valence-electron chi connectivity index (χ2n) is 20.2. The van der Waals surface area contributed by atoms with Crippen molar-refractivity contribution in [1.29, 1.82) is 0 Å². The van der Waals surface area contributed by atoms with Crippen molar-refractivity contribution in [2.75, 3.05) is 40.3 Å². The monoisotopic (exact) mass is 1020 g/mol. The van der Waals surface area contributed by atoms with Gasteiger partial charge >= 0.3 is 12.1 Å². The number of aliphatic carboxylic acids is 1. The molecular weight excluding hydrogens is 951 g/mol. The number of hydrogen-bond acceptors (Lipinski definition) is 9. The van der Waals surface area contributed by atoms with Crippen molar-refractivity contribution >= 4 is 49.3 Å². The van der Waals surface area contributed by atoms with Crippen LogP contribution in [0.4, 0.5) is 13.2 Å². The minimum atomic E-state index is -4.55. The van der Waals surface area contributed by atoms with Gasteiger partial charge in [0.15, 0.2) is 8.32 Å². The molecule has 1 aromatic heterocycles. The number of carboxylic acid groups (broad SMARTS) is 1. The van der Waals surface area contributed by atoms with Crippen molar-refractivity contribution in [3.05, 3.63) is 99.9 Å². The fraction of sp³-hybridized carbons (Fsp3) is 0.520. The molecule has 0 saturated carbocycles. The van der Waals surface area contributed by atoms with E-state index in [9.17, 15) is 32.7 Å². The van der Waals surface area contributed by atoms with E-state index in [1.54, 1.807) is 36.1 Å². The van der Waals surface area contributed by atoms with Crippen molar-refractivity contribution in [1.82, 2.24) is 35.3 Å². The van der Waals surface area contributed by atoms with Gasteiger partial charge < -0.3 is 44.6 Å². The number of benzene rings is 3. The Kier molecular flexibility index (Phi) is 19.0. The van der Waals surface area contributed by atoms with Crippen LogP contribution in [0.15, 0.2) is 72.9 Å². The summed E-state index contributed by atoms with van der Waals surface area (Å²) in [7, 11) is 3.52. The average Bonchev–Trinajstić information content (AvgIpc) is 3.59. The van der Waals surface area contributed by atoms with Gasteiger partial charge in [0.05, 0.1) is 36.6 Å². The predicted octanol–water partition coefficient (Wildman–Crippen LogP) is 9.47. The summed E-state index contributed by atoms with van der Waals surface area (Å²) in [5, 5.41) is 19.7. The third-order valence-corrected chi connectivity index (χ3v) is 18.0. The number of alkyl halides is 3. The number of ether oxygens (including phenoxy) is 1. The summed E-state index contributed by atoms with van der Waals surface area (Å²) in [4.78, 5) is 48.9. The normalized spacial score (nSPS) is 17.3. The van der Waals surface area contributed by atoms with Gasteiger partial charge in [-0.05, 0) is 125 Å². The summed E-state index contributed by atoms with van der Waals surface area (Å²) in [6.45, 7) is 13.2. The van der Waals surface area contributed by atoms with Crippen molar-refractivity contribution in [3.8, 4) is 22.8 Å². The minimum absolute atomic E-state index is 0.125. The van der Waals surface area contributed by atoms with E-state index in [0.29, 0.717) is 53.9 Å². The highest BCUT2D eigenvalue weighted by molar-refractivity contribution is 6.74. The van der Waals surface area contributed by atoms with E-state index < -0.39 is 68.7 Å². The molecule has 1 aliphatic heterocycles. The van der Waals surface area contributed by atoms with Crippen LogP contribution in [0.5, 0.6) is 11.5 Å². The Bertz CT molecular complexity index is 2360. The lowest BCUT2D eigenvalue weighted by atomic mass is 9.82. The number of nitrogens with one attached hydrogen (secondary N) is 3. The maximum Gasteiger partial charge on any atom is 0.389 e. The number of nitrogens with zero attached hydrogens (tertiary/aromatic N) is 4. The lowest BCUT2D eigenvalue weighted by Gasteiger charge is -2.45. The largest absolute Gasteiger partial charge is 0.481 e. The maximum atomic E-state index is 14.7. The molecule has 1 fully saturated rings. The van der Waals surface area contributed by atoms with Crippen LogP contribution in [0.1, 0.15) is 70.3 Å². The summed E-state index contributed by atoms with van der Waals surface area (Å²) >= 11 is 12.7. The summed E-state index contributed by atoms with van der Waals surface area (Å²) < 4.78 is 55.8. The zero-order valence-corrected chi connectivity index (χ0v) is 43.6. The number of piperidine rings is 1. The number of rotatable bonds is 22. The number of imidazole rings is 1. The number of hydrogen-bond donors (Lipinski definition) is 4. The molecule has 4 aromatic rings. The molecule has 1 aliphatic rings. The molecule has 2 heterocycles. The summed E-state index contributed by atoms with van der Waals surface area (Å²) in [6, 6.07) is 18.1. The topological polar surface area (TPSA) is 150 Å². The van der Waals surface area contributed by atoms with Crippen LogP contribution in [-0.4, -0.2) is 115 Å². The molecule has 4 N–H and O–H groups in total. The van der Waals surface area contributed by atoms with Crippen LogP contribution in [0.2, 0.25) is 28.2 Å². The van der Waals surface area contributed by atoms with Gasteiger partial charge in [-0.2, -0.15) is 13.2 Å². The van der Waals surface area contributed by atoms with E-state index in [-0.39, 0.29) is 31.3 Å². The standard InChI is InChI=1S/C50H68Cl2F3N7O6Si/c1-33(56-27-37-13-18-39(52)24-43(37)68-40-19-14-36(15-20-40)42-28-57-44(61(42)7)30-60(5)6)46(65)58-41(31-67-69(8,9)48(2,3)4)47(66)59-49(25-34-11-16-38(51)17-12-34)21-10-22-62(32-49)29-35(23-45(63)64)26-50(53,54)55/h11-20,24,28,33,35,41,56H,10,21-23,25-27,29-32H2,1-9H3,(H,58,65)(H,59,66)(H,63,64)/t33-,35-,41-,49+/m0/s1. The Hall–Kier alpha value is -4.49. The summed E-state index contributed by atoms with van der Waals surface area (Å²) in [5.74, 6) is -1.48. The highest BCUT2D eigenvalue weighted by atomic mass is 35.5. The Morgan fingerprint density at radius 3 is 2.28 bits per heavy atom. The number of halogens is 5. The lowest BCUT2D eigenvalue weighted by molar-refractivity contribution is -0.152. The quantitative estimate of drug-likeness (QED) is 0.0561. The smallest absolute Gasteiger partial charge is 0.389 e. The number of carboxylic acids is 1. The maximum absolute atomic E-state index is 14.7. The molecule has 3 aromatic carbocycles. The minimum Gasteiger partial charge on any atom is -0.481 e. The van der Waals surface area contributed by atoms with Gasteiger partial charge in [0.25, 0.3) is 0 Å². The fourth-order valence-corrected chi connectivity index (χ4v) is 9.54. The van der Waals surface area contributed by atoms with E-state index in [0.717, 1.165) is 28.2 Å². The van der Waals surface area contributed by atoms with Crippen LogP contribution in [0.25, 0.3) is 11.3 Å². The van der Waals surface area contributed by atoms with E-state index in [4.69, 9.17) is 32.4 Å². The molecule has 19 heteroatoms. The predicted molar refractivity (Wildman–Crippen MR) is 267 cm³/mol. The first-order valence-corrected chi connectivity index (χ1v) is 26.8. The molecular formula is C50H68Cl2F3N7O6Si. The zero-order chi connectivity index (χ0) is 50.9. The molecule has 4 atom stereocenters. The second-order valence-corrected chi connectivity index (χ2v) is 25.8. The molecule has 0 unspecified atom stereocenters. The fourth-order valence-electron chi connectivity index (χ4n) is 8.24. The van der Waals surface area contributed by atoms with E-state index >= 15 is 0 Å². The average molecular weight is 1020 g/mol. The second kappa shape index (κ2) is 23.6. The molecule has 378 valence electrons. The number of likely N-dealkylation sites (tertiary alicyclic amines) is 1. The highest BCUT2D eigenvalue weighted by Crippen LogP contribution is 2.37. The molecule has 13 nitrogen and oxygen atoms in total. The van der Waals surface area contributed by atoms with E-state index in [1.165, 1.54) is 0 Å². The number of carbonyl (C=O) groups is 3. The van der Waals surface area contributed by atoms with Crippen LogP contribution in [0, 0.1) is 5.92 Å². The van der Waals surface area contributed by atoms with Crippen LogP contribution < -0.4 is 20.7 Å². The summed E-state index contributed by atoms with van der Waals surface area (Å²) in [6.07, 6.45) is -3.31. The molecule has 0 spiro atoms. The Morgan fingerprint density at radius 2 is 1.65 bits per heavy atom. The number of aromatic nitrogens is 2. The molecule has 69 heavy (non-hydrogen) atoms. The third-order valence-electron chi connectivity index (χ3n) is 13.0. The van der Waals surface area contributed by atoms with Crippen LogP contribution in [-0.2, 0) is 45.4 Å². The first kappa shape index (κ1) is 55.4. The van der Waals surface area contributed by atoms with Gasteiger partial charge in [-0.3, -0.25) is 14.4 Å². The molecule has 0 radical (unpaired) electrons. The SMILES string of the molecule is C[C@H](NCc1ccc(Cl)cc1Oc1ccc(-c2cnc(CN(C)C)n2C)cc1)C(=O)N[C@@H](CO[Si](C)(C)C(C)(C)C)C(=O)N[C@@]1(Cc2ccc(Cl)cc2)CCCN(C[C@@H](CC(=O)O)CC(F)(F)F)C1. The molecule has 5 rings (SSSR count). The van der Waals surface area contributed by atoms with Gasteiger partial charge in [-0.15, -0.1) is 0 Å². The van der Waals surface area contributed by atoms with Crippen LogP contribution in [0.3, 0.4) is 0 Å².